The molecule has 0 fully saturated rings. The summed E-state index contributed by atoms with van der Waals surface area (Å²) in [6.07, 6.45) is -4.23. The van der Waals surface area contributed by atoms with Crippen molar-refractivity contribution in [2.45, 2.75) is 13.0 Å². The predicted octanol–water partition coefficient (Wildman–Crippen LogP) is 1.75. The Kier molecular flexibility index (Phi) is 3.41. The third-order valence-electron chi connectivity index (χ3n) is 1.65. The summed E-state index contributed by atoms with van der Waals surface area (Å²) in [4.78, 5) is 13.1. The van der Waals surface area contributed by atoms with E-state index in [-0.39, 0.29) is 0 Å². The molecule has 0 spiro atoms. The molecule has 8 heteroatoms. The summed E-state index contributed by atoms with van der Waals surface area (Å²) < 4.78 is 56.3. The van der Waals surface area contributed by atoms with E-state index in [4.69, 9.17) is 0 Å². The third-order valence-corrected chi connectivity index (χ3v) is 1.65. The summed E-state index contributed by atoms with van der Waals surface area (Å²) in [5.74, 6) is -1.67. The van der Waals surface area contributed by atoms with Crippen LogP contribution in [0.3, 0.4) is 0 Å². The van der Waals surface area contributed by atoms with E-state index in [9.17, 15) is 22.4 Å². The van der Waals surface area contributed by atoms with Gasteiger partial charge < -0.3 is 14.5 Å². The van der Waals surface area contributed by atoms with Crippen molar-refractivity contribution in [3.05, 3.63) is 22.1 Å². The molecule has 0 radical (unpaired) electrons. The minimum atomic E-state index is -5.02. The molecule has 0 saturated heterocycles. The zero-order chi connectivity index (χ0) is 12.3. The molecule has 0 aliphatic rings. The number of rotatable bonds is 3. The molecule has 1 aromatic heterocycles. The van der Waals surface area contributed by atoms with Crippen LogP contribution in [0.4, 0.5) is 17.6 Å². The highest BCUT2D eigenvalue weighted by atomic mass is 19.4. The Labute approximate surface area is 86.8 Å². The number of hydrogen-bond donors (Lipinski definition) is 1. The lowest BCUT2D eigenvalue weighted by Gasteiger charge is -2.13. The van der Waals surface area contributed by atoms with Crippen molar-refractivity contribution < 1.29 is 27.0 Å². The molecule has 0 unspecified atom stereocenters. The van der Waals surface area contributed by atoms with Gasteiger partial charge in [0.05, 0.1) is 7.11 Å². The molecule has 90 valence electrons. The molecule has 0 aliphatic heterocycles. The van der Waals surface area contributed by atoms with Gasteiger partial charge in [0, 0.05) is 11.8 Å². The second-order valence-corrected chi connectivity index (χ2v) is 2.69. The molecule has 4 nitrogen and oxygen atoms in total. The first kappa shape index (κ1) is 12.3. The van der Waals surface area contributed by atoms with Crippen molar-refractivity contribution in [3.8, 4) is 11.5 Å². The average molecular weight is 241 g/mol. The number of halogens is 4. The molecule has 1 heterocycles. The fraction of sp³-hybridized carbons (Fsp3) is 0.375. The van der Waals surface area contributed by atoms with Crippen molar-refractivity contribution in [1.29, 1.82) is 0 Å². The molecule has 0 aromatic carbocycles. The van der Waals surface area contributed by atoms with Crippen LogP contribution in [0, 0.1) is 0 Å². The van der Waals surface area contributed by atoms with E-state index in [1.54, 1.807) is 0 Å². The Bertz CT molecular complexity index is 426. The van der Waals surface area contributed by atoms with Crippen LogP contribution in [0.25, 0.3) is 0 Å². The lowest BCUT2D eigenvalue weighted by atomic mass is 10.2. The number of nitrogens with one attached hydrogen (secondary N) is 1. The molecule has 1 N–H and O–H groups in total. The molecule has 0 atom stereocenters. The summed E-state index contributed by atoms with van der Waals surface area (Å²) in [5.41, 5.74) is -1.38. The number of ether oxygens (including phenoxy) is 2. The number of aromatic nitrogens is 1. The van der Waals surface area contributed by atoms with E-state index in [0.29, 0.717) is 0 Å². The Balaban J connectivity index is 3.31. The third kappa shape index (κ3) is 2.65. The summed E-state index contributed by atoms with van der Waals surface area (Å²) >= 11 is 0. The van der Waals surface area contributed by atoms with Gasteiger partial charge in [-0.25, -0.2) is 4.39 Å². The van der Waals surface area contributed by atoms with Crippen LogP contribution >= 0.6 is 0 Å². The first-order valence-corrected chi connectivity index (χ1v) is 3.99. The average Bonchev–Trinajstić information content (AvgIpc) is 2.16. The quantitative estimate of drug-likeness (QED) is 0.820. The molecule has 16 heavy (non-hydrogen) atoms. The molecule has 0 saturated carbocycles. The van der Waals surface area contributed by atoms with Crippen LogP contribution in [0.1, 0.15) is 5.56 Å². The first-order valence-electron chi connectivity index (χ1n) is 3.99. The number of alkyl halides is 4. The Morgan fingerprint density at radius 2 is 2.00 bits per heavy atom. The van der Waals surface area contributed by atoms with Crippen molar-refractivity contribution in [2.24, 2.45) is 0 Å². The monoisotopic (exact) mass is 241 g/mol. The fourth-order valence-electron chi connectivity index (χ4n) is 1.04. The van der Waals surface area contributed by atoms with E-state index in [1.807, 2.05) is 4.98 Å². The Morgan fingerprint density at radius 3 is 2.44 bits per heavy atom. The fourth-order valence-corrected chi connectivity index (χ4v) is 1.04. The summed E-state index contributed by atoms with van der Waals surface area (Å²) in [6, 6.07) is 0. The van der Waals surface area contributed by atoms with Gasteiger partial charge in [0.15, 0.2) is 5.75 Å². The SMILES string of the molecule is COc1c(OC(F)(F)F)c(CF)c[nH]c1=O. The number of hydrogen-bond acceptors (Lipinski definition) is 3. The Hall–Kier alpha value is -1.73. The van der Waals surface area contributed by atoms with Crippen molar-refractivity contribution >= 4 is 0 Å². The second-order valence-electron chi connectivity index (χ2n) is 2.69. The van der Waals surface area contributed by atoms with Crippen LogP contribution in [0.5, 0.6) is 11.5 Å². The predicted molar refractivity (Wildman–Crippen MR) is 45.1 cm³/mol. The topological polar surface area (TPSA) is 51.3 Å². The van der Waals surface area contributed by atoms with Gasteiger partial charge in [0.1, 0.15) is 6.67 Å². The van der Waals surface area contributed by atoms with Gasteiger partial charge in [-0.3, -0.25) is 4.79 Å². The van der Waals surface area contributed by atoms with Crippen molar-refractivity contribution in [3.63, 3.8) is 0 Å². The Morgan fingerprint density at radius 1 is 1.38 bits per heavy atom. The summed E-state index contributed by atoms with van der Waals surface area (Å²) in [5, 5.41) is 0. The standard InChI is InChI=1S/C8H7F4NO3/c1-15-6-5(16-8(10,11)12)4(2-9)3-13-7(6)14/h3H,2H2,1H3,(H,13,14). The minimum absolute atomic E-state index is 0.450. The van der Waals surface area contributed by atoms with Crippen LogP contribution in [0.15, 0.2) is 11.0 Å². The van der Waals surface area contributed by atoms with E-state index >= 15 is 0 Å². The van der Waals surface area contributed by atoms with Crippen LogP contribution in [0.2, 0.25) is 0 Å². The number of pyridine rings is 1. The molecule has 0 aliphatic carbocycles. The number of H-pyrrole nitrogens is 1. The normalized spacial score (nSPS) is 11.3. The van der Waals surface area contributed by atoms with Gasteiger partial charge >= 0.3 is 6.36 Å². The lowest BCUT2D eigenvalue weighted by molar-refractivity contribution is -0.275. The van der Waals surface area contributed by atoms with Gasteiger partial charge in [-0.15, -0.1) is 13.2 Å². The highest BCUT2D eigenvalue weighted by Gasteiger charge is 2.34. The zero-order valence-corrected chi connectivity index (χ0v) is 8.02. The second kappa shape index (κ2) is 4.42. The van der Waals surface area contributed by atoms with E-state index in [0.717, 1.165) is 13.3 Å². The van der Waals surface area contributed by atoms with Crippen LogP contribution in [-0.4, -0.2) is 18.5 Å². The minimum Gasteiger partial charge on any atom is -0.488 e. The van der Waals surface area contributed by atoms with Crippen molar-refractivity contribution in [2.75, 3.05) is 7.11 Å². The van der Waals surface area contributed by atoms with Crippen LogP contribution in [-0.2, 0) is 6.67 Å². The van der Waals surface area contributed by atoms with E-state index < -0.39 is 35.7 Å². The van der Waals surface area contributed by atoms with Gasteiger partial charge in [0.25, 0.3) is 5.56 Å². The molecular formula is C8H7F4NO3. The number of aromatic amines is 1. The van der Waals surface area contributed by atoms with Crippen molar-refractivity contribution in [1.82, 2.24) is 4.98 Å². The largest absolute Gasteiger partial charge is 0.573 e. The summed E-state index contributed by atoms with van der Waals surface area (Å²) in [6.45, 7) is -1.22. The molecule has 1 rings (SSSR count). The van der Waals surface area contributed by atoms with E-state index in [2.05, 4.69) is 9.47 Å². The van der Waals surface area contributed by atoms with Gasteiger partial charge in [-0.1, -0.05) is 0 Å². The number of methoxy groups -OCH3 is 1. The highest BCUT2D eigenvalue weighted by Crippen LogP contribution is 2.32. The van der Waals surface area contributed by atoms with Gasteiger partial charge in [-0.2, -0.15) is 0 Å². The van der Waals surface area contributed by atoms with Gasteiger partial charge in [-0.05, 0) is 0 Å². The first-order chi connectivity index (χ1) is 7.39. The lowest BCUT2D eigenvalue weighted by Crippen LogP contribution is -2.21. The smallest absolute Gasteiger partial charge is 0.488 e. The highest BCUT2D eigenvalue weighted by molar-refractivity contribution is 5.43. The summed E-state index contributed by atoms with van der Waals surface area (Å²) in [7, 11) is 0.982. The molecule has 0 bridgehead atoms. The molecule has 1 aromatic rings. The van der Waals surface area contributed by atoms with Gasteiger partial charge in [0.2, 0.25) is 5.75 Å². The van der Waals surface area contributed by atoms with E-state index in [1.165, 1.54) is 0 Å². The molecule has 0 amide bonds. The maximum absolute atomic E-state index is 12.4. The maximum Gasteiger partial charge on any atom is 0.573 e. The zero-order valence-electron chi connectivity index (χ0n) is 8.02. The maximum atomic E-state index is 12.4. The molecular weight excluding hydrogens is 234 g/mol. The van der Waals surface area contributed by atoms with Crippen LogP contribution < -0.4 is 15.0 Å².